The SMILES string of the molecule is C=CC(C)C(C)N(CCOC/C=C\C)c1cc(C(=O)N2CCCCC2)ccc1CC(CC)CCCC. The fourth-order valence-corrected chi connectivity index (χ4v) is 5.11. The Hall–Kier alpha value is -2.07. The first-order valence-corrected chi connectivity index (χ1v) is 14.5. The van der Waals surface area contributed by atoms with Crippen LogP contribution in [0.1, 0.15) is 95.5 Å². The number of amides is 1. The first-order valence-electron chi connectivity index (χ1n) is 14.5. The number of hydrogen-bond donors (Lipinski definition) is 0. The van der Waals surface area contributed by atoms with E-state index in [0.29, 0.717) is 25.0 Å². The van der Waals surface area contributed by atoms with E-state index in [4.69, 9.17) is 4.74 Å². The van der Waals surface area contributed by atoms with Gasteiger partial charge in [-0.15, -0.1) is 6.58 Å². The molecule has 3 unspecified atom stereocenters. The Labute approximate surface area is 221 Å². The minimum absolute atomic E-state index is 0.175. The molecule has 0 spiro atoms. The van der Waals surface area contributed by atoms with Gasteiger partial charge in [0, 0.05) is 36.9 Å². The van der Waals surface area contributed by atoms with E-state index in [-0.39, 0.29) is 11.9 Å². The van der Waals surface area contributed by atoms with E-state index in [2.05, 4.69) is 57.4 Å². The molecule has 1 aromatic rings. The van der Waals surface area contributed by atoms with Gasteiger partial charge in [-0.2, -0.15) is 0 Å². The fourth-order valence-electron chi connectivity index (χ4n) is 5.11. The summed E-state index contributed by atoms with van der Waals surface area (Å²) in [4.78, 5) is 18.0. The monoisotopic (exact) mass is 496 g/mol. The van der Waals surface area contributed by atoms with Crippen molar-refractivity contribution in [3.05, 3.63) is 54.1 Å². The number of likely N-dealkylation sites (tertiary alicyclic amines) is 1. The molecular weight excluding hydrogens is 444 g/mol. The number of nitrogens with zero attached hydrogens (tertiary/aromatic N) is 2. The third kappa shape index (κ3) is 9.10. The molecule has 0 aliphatic carbocycles. The second kappa shape index (κ2) is 16.6. The van der Waals surface area contributed by atoms with Crippen molar-refractivity contribution in [3.63, 3.8) is 0 Å². The molecule has 0 bridgehead atoms. The highest BCUT2D eigenvalue weighted by Gasteiger charge is 2.25. The first kappa shape index (κ1) is 30.2. The van der Waals surface area contributed by atoms with Crippen LogP contribution >= 0.6 is 0 Å². The zero-order valence-corrected chi connectivity index (χ0v) is 23.8. The van der Waals surface area contributed by atoms with Crippen LogP contribution in [-0.2, 0) is 11.2 Å². The van der Waals surface area contributed by atoms with Crippen molar-refractivity contribution in [2.24, 2.45) is 11.8 Å². The Bertz CT molecular complexity index is 812. The quantitative estimate of drug-likeness (QED) is 0.174. The Morgan fingerprint density at radius 1 is 1.19 bits per heavy atom. The van der Waals surface area contributed by atoms with Gasteiger partial charge < -0.3 is 14.5 Å². The van der Waals surface area contributed by atoms with Crippen LogP contribution in [0.4, 0.5) is 5.69 Å². The number of carbonyl (C=O) groups excluding carboxylic acids is 1. The smallest absolute Gasteiger partial charge is 0.253 e. The highest BCUT2D eigenvalue weighted by atomic mass is 16.5. The lowest BCUT2D eigenvalue weighted by Gasteiger charge is -2.36. The van der Waals surface area contributed by atoms with Crippen LogP contribution in [0.15, 0.2) is 43.0 Å². The minimum atomic E-state index is 0.175. The number of allylic oxidation sites excluding steroid dienone is 1. The molecule has 0 saturated carbocycles. The van der Waals surface area contributed by atoms with Crippen LogP contribution in [0.25, 0.3) is 0 Å². The Kier molecular flexibility index (Phi) is 13.9. The molecule has 36 heavy (non-hydrogen) atoms. The summed E-state index contributed by atoms with van der Waals surface area (Å²) in [5.41, 5.74) is 3.36. The second-order valence-electron chi connectivity index (χ2n) is 10.5. The molecular formula is C32H52N2O2. The standard InChI is InChI=1S/C32H52N2O2/c1-7-11-16-28(10-4)24-29-17-18-30(32(35)33-19-14-13-15-20-33)25-31(29)34(27(6)26(5)9-3)21-23-36-22-12-8-2/h8-9,12,17-18,25-28H,3,7,10-11,13-16,19-24H2,1-2,4-6H3/b12-8-. The molecule has 3 atom stereocenters. The number of anilines is 1. The number of piperidine rings is 1. The van der Waals surface area contributed by atoms with Gasteiger partial charge in [-0.3, -0.25) is 4.79 Å². The topological polar surface area (TPSA) is 32.8 Å². The Balaban J connectivity index is 2.44. The Morgan fingerprint density at radius 2 is 1.94 bits per heavy atom. The number of ether oxygens (including phenoxy) is 1. The second-order valence-corrected chi connectivity index (χ2v) is 10.5. The number of carbonyl (C=O) groups is 1. The highest BCUT2D eigenvalue weighted by Crippen LogP contribution is 2.31. The normalized spacial score (nSPS) is 16.6. The lowest BCUT2D eigenvalue weighted by molar-refractivity contribution is 0.0724. The summed E-state index contributed by atoms with van der Waals surface area (Å²) in [6, 6.07) is 6.74. The van der Waals surface area contributed by atoms with Crippen LogP contribution in [0.3, 0.4) is 0 Å². The van der Waals surface area contributed by atoms with E-state index in [1.165, 1.54) is 43.4 Å². The maximum Gasteiger partial charge on any atom is 0.253 e. The van der Waals surface area contributed by atoms with E-state index in [1.807, 2.05) is 30.1 Å². The summed E-state index contributed by atoms with van der Waals surface area (Å²) in [5.74, 6) is 1.15. The molecule has 4 heteroatoms. The molecule has 2 rings (SSSR count). The summed E-state index contributed by atoms with van der Waals surface area (Å²) in [6.07, 6.45) is 15.5. The van der Waals surface area contributed by atoms with Crippen LogP contribution in [0.5, 0.6) is 0 Å². The maximum absolute atomic E-state index is 13.5. The Morgan fingerprint density at radius 3 is 2.58 bits per heavy atom. The average molecular weight is 497 g/mol. The van der Waals surface area contributed by atoms with Gasteiger partial charge >= 0.3 is 0 Å². The van der Waals surface area contributed by atoms with Gasteiger partial charge in [0.25, 0.3) is 5.91 Å². The average Bonchev–Trinajstić information content (AvgIpc) is 2.92. The van der Waals surface area contributed by atoms with Crippen LogP contribution in [0.2, 0.25) is 0 Å². The molecule has 1 aliphatic rings. The summed E-state index contributed by atoms with van der Waals surface area (Å²) in [5, 5.41) is 0. The molecule has 1 saturated heterocycles. The van der Waals surface area contributed by atoms with Crippen LogP contribution < -0.4 is 4.90 Å². The van der Waals surface area contributed by atoms with E-state index >= 15 is 0 Å². The van der Waals surface area contributed by atoms with Gasteiger partial charge in [0.15, 0.2) is 0 Å². The van der Waals surface area contributed by atoms with Gasteiger partial charge in [-0.25, -0.2) is 0 Å². The van der Waals surface area contributed by atoms with Gasteiger partial charge in [-0.05, 0) is 69.1 Å². The van der Waals surface area contributed by atoms with Crippen LogP contribution in [0, 0.1) is 11.8 Å². The number of unbranched alkanes of at least 4 members (excludes halogenated alkanes) is 1. The molecule has 202 valence electrons. The van der Waals surface area contributed by atoms with Crippen molar-refractivity contribution < 1.29 is 9.53 Å². The molecule has 0 radical (unpaired) electrons. The molecule has 1 aromatic carbocycles. The molecule has 1 amide bonds. The predicted octanol–water partition coefficient (Wildman–Crippen LogP) is 7.68. The summed E-state index contributed by atoms with van der Waals surface area (Å²) in [7, 11) is 0. The lowest BCUT2D eigenvalue weighted by atomic mass is 9.89. The zero-order chi connectivity index (χ0) is 26.3. The third-order valence-corrected chi connectivity index (χ3v) is 7.89. The number of hydrogen-bond acceptors (Lipinski definition) is 3. The van der Waals surface area contributed by atoms with Crippen molar-refractivity contribution in [2.75, 3.05) is 37.7 Å². The number of rotatable bonds is 16. The third-order valence-electron chi connectivity index (χ3n) is 7.89. The van der Waals surface area contributed by atoms with E-state index in [9.17, 15) is 4.79 Å². The molecule has 0 N–H and O–H groups in total. The van der Waals surface area contributed by atoms with Crippen LogP contribution in [-0.4, -0.2) is 49.7 Å². The lowest BCUT2D eigenvalue weighted by Crippen LogP contribution is -2.40. The number of benzene rings is 1. The largest absolute Gasteiger partial charge is 0.376 e. The van der Waals surface area contributed by atoms with Gasteiger partial charge in [0.05, 0.1) is 13.2 Å². The van der Waals surface area contributed by atoms with E-state index in [1.54, 1.807) is 0 Å². The molecule has 4 nitrogen and oxygen atoms in total. The first-order chi connectivity index (χ1) is 17.5. The van der Waals surface area contributed by atoms with Crippen molar-refractivity contribution >= 4 is 11.6 Å². The van der Waals surface area contributed by atoms with E-state index < -0.39 is 0 Å². The molecule has 1 fully saturated rings. The molecule has 1 heterocycles. The van der Waals surface area contributed by atoms with Crippen molar-refractivity contribution in [1.82, 2.24) is 4.90 Å². The van der Waals surface area contributed by atoms with Gasteiger partial charge in [0.2, 0.25) is 0 Å². The maximum atomic E-state index is 13.5. The van der Waals surface area contributed by atoms with Gasteiger partial charge in [-0.1, -0.05) is 70.7 Å². The van der Waals surface area contributed by atoms with Gasteiger partial charge in [0.1, 0.15) is 0 Å². The fraction of sp³-hybridized carbons (Fsp3) is 0.656. The van der Waals surface area contributed by atoms with E-state index in [0.717, 1.165) is 44.5 Å². The summed E-state index contributed by atoms with van der Waals surface area (Å²) in [6.45, 7) is 19.0. The molecule has 0 aromatic heterocycles. The highest BCUT2D eigenvalue weighted by molar-refractivity contribution is 5.95. The minimum Gasteiger partial charge on any atom is -0.376 e. The summed E-state index contributed by atoms with van der Waals surface area (Å²) < 4.78 is 5.93. The van der Waals surface area contributed by atoms with Crippen molar-refractivity contribution in [2.45, 2.75) is 92.0 Å². The molecule has 1 aliphatic heterocycles. The zero-order valence-electron chi connectivity index (χ0n) is 23.8. The predicted molar refractivity (Wildman–Crippen MR) is 155 cm³/mol. The van der Waals surface area contributed by atoms with Crippen molar-refractivity contribution in [3.8, 4) is 0 Å². The summed E-state index contributed by atoms with van der Waals surface area (Å²) >= 11 is 0. The van der Waals surface area contributed by atoms with Crippen molar-refractivity contribution in [1.29, 1.82) is 0 Å².